The van der Waals surface area contributed by atoms with E-state index in [9.17, 15) is 0 Å². The molecule has 0 atom stereocenters. The Hall–Kier alpha value is -2.92. The van der Waals surface area contributed by atoms with Gasteiger partial charge in [0, 0.05) is 39.0 Å². The van der Waals surface area contributed by atoms with E-state index in [-0.39, 0.29) is 0 Å². The number of rotatable bonds is 7. The summed E-state index contributed by atoms with van der Waals surface area (Å²) in [5, 5.41) is 8.93. The van der Waals surface area contributed by atoms with Gasteiger partial charge in [-0.1, -0.05) is 54.6 Å². The average Bonchev–Trinajstić information content (AvgIpc) is 3.05. The van der Waals surface area contributed by atoms with Gasteiger partial charge in [0.2, 0.25) is 0 Å². The molecule has 1 aliphatic heterocycles. The Bertz CT molecular complexity index is 931. The Balaban J connectivity index is 1.31. The van der Waals surface area contributed by atoms with Gasteiger partial charge in [-0.25, -0.2) is 0 Å². The average molecular weight is 389 g/mol. The van der Waals surface area contributed by atoms with Gasteiger partial charge in [-0.05, 0) is 29.7 Å². The minimum atomic E-state index is 0.890. The van der Waals surface area contributed by atoms with Crippen molar-refractivity contribution in [3.63, 3.8) is 0 Å². The number of nitrogens with zero attached hydrogens (tertiary/aromatic N) is 4. The van der Waals surface area contributed by atoms with Crippen molar-refractivity contribution in [2.75, 3.05) is 26.7 Å². The summed E-state index contributed by atoms with van der Waals surface area (Å²) in [6.45, 7) is 3.95. The Kier molecular flexibility index (Phi) is 6.37. The molecule has 0 spiro atoms. The minimum absolute atomic E-state index is 0.890. The molecule has 0 unspecified atom stereocenters. The van der Waals surface area contributed by atoms with E-state index in [0.717, 1.165) is 62.8 Å². The van der Waals surface area contributed by atoms with E-state index in [1.807, 2.05) is 12.1 Å². The lowest BCUT2D eigenvalue weighted by molar-refractivity contribution is 0.308. The smallest absolute Gasteiger partial charge is 0.134 e. The van der Waals surface area contributed by atoms with Crippen LogP contribution in [0, 0.1) is 0 Å². The highest BCUT2D eigenvalue weighted by Gasteiger charge is 2.17. The molecule has 0 fully saturated rings. The van der Waals surface area contributed by atoms with E-state index in [4.69, 9.17) is 4.74 Å². The highest BCUT2D eigenvalue weighted by molar-refractivity contribution is 5.50. The van der Waals surface area contributed by atoms with Crippen LogP contribution in [0.5, 0.6) is 5.75 Å². The normalized spacial score (nSPS) is 14.7. The molecule has 3 aromatic rings. The maximum absolute atomic E-state index is 5.21. The lowest BCUT2D eigenvalue weighted by Gasteiger charge is -2.17. The maximum atomic E-state index is 5.21. The summed E-state index contributed by atoms with van der Waals surface area (Å²) >= 11 is 0. The highest BCUT2D eigenvalue weighted by Crippen LogP contribution is 2.14. The molecule has 0 aliphatic carbocycles. The lowest BCUT2D eigenvalue weighted by atomic mass is 10.1. The molecule has 2 heterocycles. The minimum Gasteiger partial charge on any atom is -0.497 e. The lowest BCUT2D eigenvalue weighted by Crippen LogP contribution is -2.27. The molecular formula is C24H28N4O. The van der Waals surface area contributed by atoms with E-state index >= 15 is 0 Å². The Morgan fingerprint density at radius 3 is 2.55 bits per heavy atom. The molecule has 0 saturated heterocycles. The summed E-state index contributed by atoms with van der Waals surface area (Å²) in [5.41, 5.74) is 2.55. The van der Waals surface area contributed by atoms with E-state index in [1.165, 1.54) is 11.1 Å². The summed E-state index contributed by atoms with van der Waals surface area (Å²) in [4.78, 5) is 2.48. The van der Waals surface area contributed by atoms with Crippen molar-refractivity contribution < 1.29 is 4.74 Å². The molecule has 5 heteroatoms. The second-order valence-corrected chi connectivity index (χ2v) is 7.40. The summed E-state index contributed by atoms with van der Waals surface area (Å²) < 4.78 is 7.54. The van der Waals surface area contributed by atoms with Crippen molar-refractivity contribution >= 4 is 6.08 Å². The second kappa shape index (κ2) is 9.52. The van der Waals surface area contributed by atoms with Crippen molar-refractivity contribution in [2.45, 2.75) is 25.8 Å². The zero-order valence-electron chi connectivity index (χ0n) is 17.0. The third-order valence-corrected chi connectivity index (χ3v) is 5.47. The van der Waals surface area contributed by atoms with Gasteiger partial charge < -0.3 is 9.30 Å². The van der Waals surface area contributed by atoms with Gasteiger partial charge in [-0.3, -0.25) is 4.90 Å². The third-order valence-electron chi connectivity index (χ3n) is 5.47. The number of hydrogen-bond acceptors (Lipinski definition) is 4. The van der Waals surface area contributed by atoms with Crippen LogP contribution >= 0.6 is 0 Å². The standard InChI is InChI=1S/C24H28N4O/c1-29-22-12-9-21(10-13-22)8-5-16-27-17-15-24-26-25-23(28(24)19-18-27)14-11-20-6-3-2-4-7-20/h2-10,12-13H,11,14-19H2,1H3. The van der Waals surface area contributed by atoms with Crippen LogP contribution in [-0.2, 0) is 25.8 Å². The maximum Gasteiger partial charge on any atom is 0.134 e. The quantitative estimate of drug-likeness (QED) is 0.620. The molecule has 0 radical (unpaired) electrons. The van der Waals surface area contributed by atoms with Gasteiger partial charge in [-0.2, -0.15) is 0 Å². The molecule has 0 saturated carbocycles. The molecule has 29 heavy (non-hydrogen) atoms. The monoisotopic (exact) mass is 388 g/mol. The van der Waals surface area contributed by atoms with Gasteiger partial charge in [-0.15, -0.1) is 10.2 Å². The summed E-state index contributed by atoms with van der Waals surface area (Å²) in [7, 11) is 1.69. The van der Waals surface area contributed by atoms with Crippen LogP contribution in [0.15, 0.2) is 60.7 Å². The molecule has 1 aromatic heterocycles. The van der Waals surface area contributed by atoms with E-state index in [2.05, 4.69) is 74.3 Å². The summed E-state index contributed by atoms with van der Waals surface area (Å²) in [6.07, 6.45) is 7.32. The number of benzene rings is 2. The molecule has 0 N–H and O–H groups in total. The highest BCUT2D eigenvalue weighted by atomic mass is 16.5. The fourth-order valence-electron chi connectivity index (χ4n) is 3.75. The van der Waals surface area contributed by atoms with Crippen LogP contribution in [0.25, 0.3) is 6.08 Å². The molecule has 1 aliphatic rings. The number of aryl methyl sites for hydroxylation is 2. The van der Waals surface area contributed by atoms with Crippen LogP contribution < -0.4 is 4.74 Å². The number of fused-ring (bicyclic) bond motifs is 1. The molecule has 0 amide bonds. The van der Waals surface area contributed by atoms with Crippen LogP contribution in [0.2, 0.25) is 0 Å². The topological polar surface area (TPSA) is 43.2 Å². The summed E-state index contributed by atoms with van der Waals surface area (Å²) in [6, 6.07) is 18.8. The van der Waals surface area contributed by atoms with Gasteiger partial charge in [0.05, 0.1) is 7.11 Å². The van der Waals surface area contributed by atoms with Gasteiger partial charge in [0.1, 0.15) is 17.4 Å². The van der Waals surface area contributed by atoms with Gasteiger partial charge >= 0.3 is 0 Å². The van der Waals surface area contributed by atoms with Crippen molar-refractivity contribution in [1.82, 2.24) is 19.7 Å². The van der Waals surface area contributed by atoms with Gasteiger partial charge in [0.15, 0.2) is 0 Å². The van der Waals surface area contributed by atoms with Crippen molar-refractivity contribution in [3.8, 4) is 5.75 Å². The Morgan fingerprint density at radius 1 is 0.931 bits per heavy atom. The van der Waals surface area contributed by atoms with Crippen LogP contribution in [0.1, 0.15) is 22.8 Å². The predicted octanol–water partition coefficient (Wildman–Crippen LogP) is 3.64. The van der Waals surface area contributed by atoms with Crippen LogP contribution in [0.3, 0.4) is 0 Å². The second-order valence-electron chi connectivity index (χ2n) is 7.40. The zero-order chi connectivity index (χ0) is 19.9. The number of ether oxygens (including phenoxy) is 1. The predicted molar refractivity (Wildman–Crippen MR) is 116 cm³/mol. The fourth-order valence-corrected chi connectivity index (χ4v) is 3.75. The molecule has 2 aromatic carbocycles. The Labute approximate surface area is 172 Å². The first-order chi connectivity index (χ1) is 14.3. The van der Waals surface area contributed by atoms with Gasteiger partial charge in [0.25, 0.3) is 0 Å². The fraction of sp³-hybridized carbons (Fsp3) is 0.333. The molecule has 5 nitrogen and oxygen atoms in total. The van der Waals surface area contributed by atoms with Crippen molar-refractivity contribution in [3.05, 3.63) is 83.4 Å². The van der Waals surface area contributed by atoms with E-state index in [0.29, 0.717) is 0 Å². The first-order valence-electron chi connectivity index (χ1n) is 10.3. The first kappa shape index (κ1) is 19.4. The third kappa shape index (κ3) is 5.12. The Morgan fingerprint density at radius 2 is 1.76 bits per heavy atom. The van der Waals surface area contributed by atoms with Crippen LogP contribution in [-0.4, -0.2) is 46.4 Å². The van der Waals surface area contributed by atoms with E-state index < -0.39 is 0 Å². The molecule has 0 bridgehead atoms. The first-order valence-corrected chi connectivity index (χ1v) is 10.3. The zero-order valence-corrected chi connectivity index (χ0v) is 17.0. The van der Waals surface area contributed by atoms with E-state index in [1.54, 1.807) is 7.11 Å². The number of hydrogen-bond donors (Lipinski definition) is 0. The number of aromatic nitrogens is 3. The van der Waals surface area contributed by atoms with Crippen LogP contribution in [0.4, 0.5) is 0 Å². The number of methoxy groups -OCH3 is 1. The van der Waals surface area contributed by atoms with Crippen molar-refractivity contribution in [1.29, 1.82) is 0 Å². The SMILES string of the molecule is COc1ccc(C=CCN2CCc3nnc(CCc4ccccc4)n3CC2)cc1. The molecular weight excluding hydrogens is 360 g/mol. The molecule has 150 valence electrons. The van der Waals surface area contributed by atoms with Crippen molar-refractivity contribution in [2.24, 2.45) is 0 Å². The largest absolute Gasteiger partial charge is 0.497 e. The molecule has 4 rings (SSSR count). The summed E-state index contributed by atoms with van der Waals surface area (Å²) in [5.74, 6) is 3.12.